The van der Waals surface area contributed by atoms with Gasteiger partial charge in [-0.2, -0.15) is 0 Å². The van der Waals surface area contributed by atoms with E-state index in [0.717, 1.165) is 12.0 Å². The molecule has 2 N–H and O–H groups in total. The zero-order valence-electron chi connectivity index (χ0n) is 17.1. The van der Waals surface area contributed by atoms with Crippen molar-refractivity contribution in [3.8, 4) is 0 Å². The lowest BCUT2D eigenvalue weighted by molar-refractivity contribution is -0.117. The van der Waals surface area contributed by atoms with Crippen molar-refractivity contribution in [2.75, 3.05) is 25.6 Å². The van der Waals surface area contributed by atoms with E-state index in [0.29, 0.717) is 30.3 Å². The van der Waals surface area contributed by atoms with E-state index in [4.69, 9.17) is 4.74 Å². The lowest BCUT2D eigenvalue weighted by Crippen LogP contribution is -2.26. The third-order valence-corrected chi connectivity index (χ3v) is 4.52. The number of hydrogen-bond acceptors (Lipinski definition) is 3. The van der Waals surface area contributed by atoms with Crippen LogP contribution in [0.15, 0.2) is 48.5 Å². The Balaban J connectivity index is 1.93. The van der Waals surface area contributed by atoms with Crippen LogP contribution in [0.1, 0.15) is 48.2 Å². The van der Waals surface area contributed by atoms with Gasteiger partial charge in [-0.3, -0.25) is 9.59 Å². The maximum atomic E-state index is 12.6. The minimum atomic E-state index is -0.259. The van der Waals surface area contributed by atoms with Crippen LogP contribution in [0.25, 0.3) is 0 Å². The van der Waals surface area contributed by atoms with Gasteiger partial charge in [-0.25, -0.2) is 0 Å². The molecule has 150 valence electrons. The van der Waals surface area contributed by atoms with Crippen molar-refractivity contribution in [1.82, 2.24) is 5.32 Å². The SMILES string of the molecule is COCCNC(=O)c1ccc(NC(=O)C(C)c2ccc(CC(C)C)cc2)cc1. The minimum absolute atomic E-state index is 0.0751. The molecule has 0 fully saturated rings. The number of methoxy groups -OCH3 is 1. The van der Waals surface area contributed by atoms with Crippen molar-refractivity contribution in [2.45, 2.75) is 33.1 Å². The Hall–Kier alpha value is -2.66. The average Bonchev–Trinajstić information content (AvgIpc) is 2.68. The summed E-state index contributed by atoms with van der Waals surface area (Å²) in [6.07, 6.45) is 1.03. The Morgan fingerprint density at radius 2 is 1.61 bits per heavy atom. The number of carbonyl (C=O) groups is 2. The number of carbonyl (C=O) groups excluding carboxylic acids is 2. The topological polar surface area (TPSA) is 67.4 Å². The first kappa shape index (κ1) is 21.6. The van der Waals surface area contributed by atoms with E-state index in [1.54, 1.807) is 31.4 Å². The van der Waals surface area contributed by atoms with Gasteiger partial charge in [-0.1, -0.05) is 38.1 Å². The maximum absolute atomic E-state index is 12.6. The van der Waals surface area contributed by atoms with E-state index >= 15 is 0 Å². The maximum Gasteiger partial charge on any atom is 0.251 e. The predicted octanol–water partition coefficient (Wildman–Crippen LogP) is 4.00. The van der Waals surface area contributed by atoms with Gasteiger partial charge in [-0.05, 0) is 54.7 Å². The van der Waals surface area contributed by atoms with Gasteiger partial charge in [0.2, 0.25) is 5.91 Å². The summed E-state index contributed by atoms with van der Waals surface area (Å²) >= 11 is 0. The van der Waals surface area contributed by atoms with E-state index in [1.807, 2.05) is 19.1 Å². The highest BCUT2D eigenvalue weighted by Crippen LogP contribution is 2.20. The molecule has 0 aliphatic carbocycles. The van der Waals surface area contributed by atoms with Crippen LogP contribution in [0.4, 0.5) is 5.69 Å². The van der Waals surface area contributed by atoms with Crippen molar-refractivity contribution in [1.29, 1.82) is 0 Å². The molecule has 0 aliphatic rings. The molecule has 0 heterocycles. The number of amides is 2. The van der Waals surface area contributed by atoms with Gasteiger partial charge in [0.15, 0.2) is 0 Å². The fraction of sp³-hybridized carbons (Fsp3) is 0.391. The van der Waals surface area contributed by atoms with Gasteiger partial charge in [0.1, 0.15) is 0 Å². The predicted molar refractivity (Wildman–Crippen MR) is 113 cm³/mol. The molecule has 0 radical (unpaired) electrons. The van der Waals surface area contributed by atoms with Crippen LogP contribution >= 0.6 is 0 Å². The van der Waals surface area contributed by atoms with Gasteiger partial charge in [0.05, 0.1) is 12.5 Å². The van der Waals surface area contributed by atoms with Crippen molar-refractivity contribution in [3.63, 3.8) is 0 Å². The molecule has 0 saturated heterocycles. The molecule has 0 aliphatic heterocycles. The lowest BCUT2D eigenvalue weighted by atomic mass is 9.96. The summed E-state index contributed by atoms with van der Waals surface area (Å²) in [5, 5.41) is 5.68. The molecular weight excluding hydrogens is 352 g/mol. The van der Waals surface area contributed by atoms with Crippen molar-refractivity contribution in [3.05, 3.63) is 65.2 Å². The molecule has 5 heteroatoms. The van der Waals surface area contributed by atoms with Gasteiger partial charge in [-0.15, -0.1) is 0 Å². The summed E-state index contributed by atoms with van der Waals surface area (Å²) in [6, 6.07) is 15.1. The smallest absolute Gasteiger partial charge is 0.251 e. The Kier molecular flexibility index (Phi) is 8.20. The summed E-state index contributed by atoms with van der Waals surface area (Å²) < 4.78 is 4.91. The van der Waals surface area contributed by atoms with Crippen LogP contribution < -0.4 is 10.6 Å². The van der Waals surface area contributed by atoms with Crippen LogP contribution in [0.3, 0.4) is 0 Å². The quantitative estimate of drug-likeness (QED) is 0.644. The zero-order chi connectivity index (χ0) is 20.5. The van der Waals surface area contributed by atoms with Crippen LogP contribution in [-0.4, -0.2) is 32.1 Å². The second kappa shape index (κ2) is 10.6. The Morgan fingerprint density at radius 3 is 2.18 bits per heavy atom. The molecule has 1 atom stereocenters. The molecule has 2 aromatic carbocycles. The van der Waals surface area contributed by atoms with Gasteiger partial charge >= 0.3 is 0 Å². The Bertz CT molecular complexity index is 767. The number of hydrogen-bond donors (Lipinski definition) is 2. The van der Waals surface area contributed by atoms with Crippen molar-refractivity contribution >= 4 is 17.5 Å². The van der Waals surface area contributed by atoms with E-state index in [2.05, 4.69) is 36.6 Å². The number of rotatable bonds is 9. The molecule has 2 amide bonds. The van der Waals surface area contributed by atoms with Crippen molar-refractivity contribution < 1.29 is 14.3 Å². The highest BCUT2D eigenvalue weighted by Gasteiger charge is 2.16. The summed E-state index contributed by atoms with van der Waals surface area (Å²) in [7, 11) is 1.59. The van der Waals surface area contributed by atoms with Crippen LogP contribution in [0.2, 0.25) is 0 Å². The molecule has 1 unspecified atom stereocenters. The molecule has 5 nitrogen and oxygen atoms in total. The first-order valence-electron chi connectivity index (χ1n) is 9.67. The molecule has 28 heavy (non-hydrogen) atoms. The molecule has 2 aromatic rings. The van der Waals surface area contributed by atoms with Crippen LogP contribution in [0.5, 0.6) is 0 Å². The highest BCUT2D eigenvalue weighted by atomic mass is 16.5. The van der Waals surface area contributed by atoms with Crippen molar-refractivity contribution in [2.24, 2.45) is 5.92 Å². The van der Waals surface area contributed by atoms with E-state index in [9.17, 15) is 9.59 Å². The van der Waals surface area contributed by atoms with Crippen LogP contribution in [0, 0.1) is 5.92 Å². The van der Waals surface area contributed by atoms with E-state index in [-0.39, 0.29) is 17.7 Å². The second-order valence-electron chi connectivity index (χ2n) is 7.38. The van der Waals surface area contributed by atoms with E-state index < -0.39 is 0 Å². The first-order chi connectivity index (χ1) is 13.4. The third-order valence-electron chi connectivity index (χ3n) is 4.52. The fourth-order valence-electron chi connectivity index (χ4n) is 2.89. The summed E-state index contributed by atoms with van der Waals surface area (Å²) in [5.74, 6) is 0.111. The monoisotopic (exact) mass is 382 g/mol. The molecule has 0 aromatic heterocycles. The molecule has 2 rings (SSSR count). The standard InChI is InChI=1S/C23H30N2O3/c1-16(2)15-18-5-7-19(8-6-18)17(3)22(26)25-21-11-9-20(10-12-21)23(27)24-13-14-28-4/h5-12,16-17H,13-15H2,1-4H3,(H,24,27)(H,25,26). The molecule has 0 saturated carbocycles. The molecule has 0 bridgehead atoms. The fourth-order valence-corrected chi connectivity index (χ4v) is 2.89. The minimum Gasteiger partial charge on any atom is -0.383 e. The number of ether oxygens (including phenoxy) is 1. The molecular formula is C23H30N2O3. The van der Waals surface area contributed by atoms with Gasteiger partial charge < -0.3 is 15.4 Å². The largest absolute Gasteiger partial charge is 0.383 e. The summed E-state index contributed by atoms with van der Waals surface area (Å²) in [5.41, 5.74) is 3.48. The summed E-state index contributed by atoms with van der Waals surface area (Å²) in [4.78, 5) is 24.6. The Labute approximate surface area is 167 Å². The van der Waals surface area contributed by atoms with Gasteiger partial charge in [0, 0.05) is 24.9 Å². The average molecular weight is 383 g/mol. The number of anilines is 1. The first-order valence-corrected chi connectivity index (χ1v) is 9.67. The van der Waals surface area contributed by atoms with E-state index in [1.165, 1.54) is 5.56 Å². The Morgan fingerprint density at radius 1 is 0.964 bits per heavy atom. The zero-order valence-corrected chi connectivity index (χ0v) is 17.1. The summed E-state index contributed by atoms with van der Waals surface area (Å²) in [6.45, 7) is 7.21. The third kappa shape index (κ3) is 6.50. The highest BCUT2D eigenvalue weighted by molar-refractivity contribution is 5.97. The van der Waals surface area contributed by atoms with Crippen LogP contribution in [-0.2, 0) is 16.0 Å². The number of benzene rings is 2. The number of nitrogens with one attached hydrogen (secondary N) is 2. The normalized spacial score (nSPS) is 11.9. The van der Waals surface area contributed by atoms with Gasteiger partial charge in [0.25, 0.3) is 5.91 Å². The molecule has 0 spiro atoms. The second-order valence-corrected chi connectivity index (χ2v) is 7.38. The lowest BCUT2D eigenvalue weighted by Gasteiger charge is -2.14.